The molecule has 5 rings (SSSR count). The summed E-state index contributed by atoms with van der Waals surface area (Å²) >= 11 is 0. The normalized spacial score (nSPS) is 40.5. The molecule has 0 unspecified atom stereocenters. The molecule has 4 aliphatic carbocycles. The highest BCUT2D eigenvalue weighted by atomic mass is 32.3. The number of hydrogen-bond acceptors (Lipinski definition) is 11. The zero-order valence-electron chi connectivity index (χ0n) is 27.1. The summed E-state index contributed by atoms with van der Waals surface area (Å²) in [5.74, 6) is -0.603. The van der Waals surface area contributed by atoms with Crippen LogP contribution in [0, 0.1) is 39.9 Å². The third kappa shape index (κ3) is 6.99. The molecular weight excluding hydrogens is 681 g/mol. The average molecular weight is 727 g/mol. The van der Waals surface area contributed by atoms with E-state index >= 15 is 0 Å². The van der Waals surface area contributed by atoms with E-state index in [1.807, 2.05) is 6.07 Å². The fourth-order valence-corrected chi connectivity index (χ4v) is 11.7. The van der Waals surface area contributed by atoms with E-state index in [0.29, 0.717) is 24.2 Å². The molecule has 0 spiro atoms. The van der Waals surface area contributed by atoms with E-state index < -0.39 is 72.4 Å². The van der Waals surface area contributed by atoms with Gasteiger partial charge in [0.1, 0.15) is 12.2 Å². The third-order valence-electron chi connectivity index (χ3n) is 12.5. The molecule has 12 atom stereocenters. The Bertz CT molecular complexity index is 1670. The Morgan fingerprint density at radius 2 is 1.53 bits per heavy atom. The first-order chi connectivity index (χ1) is 21.5. The van der Waals surface area contributed by atoms with Crippen LogP contribution in [-0.4, -0.2) is 68.4 Å². The molecule has 0 aliphatic heterocycles. The SMILES string of the molecule is C[C@H](CC[C@H](C)c1ccoc1)[C@@H]1CC[C@]2(C)[C@@H]3C[C@H](OS(=O)(=O)O)[C@@H]4[C@@H](O)[C@H](OS(=O)(=O)O)[C@@H](OS(=O)(=O)O)C[C@]4(C)C3=CC[C@@]12C. The second-order valence-electron chi connectivity index (χ2n) is 14.9. The van der Waals surface area contributed by atoms with E-state index in [-0.39, 0.29) is 24.2 Å². The minimum atomic E-state index is -5.29. The zero-order valence-corrected chi connectivity index (χ0v) is 29.5. The molecule has 1 aromatic heterocycles. The summed E-state index contributed by atoms with van der Waals surface area (Å²) in [6.07, 6.45) is 2.22. The van der Waals surface area contributed by atoms with Crippen molar-refractivity contribution >= 4 is 31.2 Å². The molecule has 0 aromatic carbocycles. The molecule has 268 valence electrons. The van der Waals surface area contributed by atoms with Gasteiger partial charge in [0, 0.05) is 5.92 Å². The van der Waals surface area contributed by atoms with Crippen molar-refractivity contribution in [2.24, 2.45) is 39.9 Å². The Morgan fingerprint density at radius 1 is 0.915 bits per heavy atom. The second kappa shape index (κ2) is 12.4. The first kappa shape index (κ1) is 36.9. The maximum atomic E-state index is 12.2. The van der Waals surface area contributed by atoms with Gasteiger partial charge in [0.15, 0.2) is 0 Å². The van der Waals surface area contributed by atoms with Crippen molar-refractivity contribution in [1.82, 2.24) is 0 Å². The molecule has 17 heteroatoms. The van der Waals surface area contributed by atoms with Crippen molar-refractivity contribution in [2.45, 2.75) is 110 Å². The standard InChI is InChI=1S/C30H46O14S3/c1-17(19-10-13-41-16-19)6-7-18(2)20-8-11-30(5)22-14-23(42-45(32,33)34)25-26(31)27(44-47(38,39)40)24(43-46(35,36)37)15-28(25,3)21(22)9-12-29(20,30)4/h9-10,13,16-18,20,22-27,31H,6-8,11-12,14-15H2,1-5H3,(H,32,33,34)(H,35,36,37)(H,38,39,40)/t17-,18+,20-,22+,23-,24-,25+,26+,27+,28+,29-,30+/m0/s1. The number of rotatable bonds is 11. The molecule has 1 heterocycles. The molecule has 1 aromatic rings. The van der Waals surface area contributed by atoms with Crippen LogP contribution < -0.4 is 0 Å². The number of fused-ring (bicyclic) bond motifs is 5. The Hall–Kier alpha value is -1.41. The summed E-state index contributed by atoms with van der Waals surface area (Å²) in [6.45, 7) is 10.5. The number of aliphatic hydroxyl groups is 1. The highest BCUT2D eigenvalue weighted by Gasteiger charge is 2.68. The fraction of sp³-hybridized carbons (Fsp3) is 0.800. The van der Waals surface area contributed by atoms with Gasteiger partial charge in [-0.25, -0.2) is 12.5 Å². The molecular formula is C30H46O14S3. The van der Waals surface area contributed by atoms with Crippen LogP contribution in [-0.2, 0) is 43.7 Å². The minimum absolute atomic E-state index is 0.0378. The lowest BCUT2D eigenvalue weighted by atomic mass is 9.43. The topological polar surface area (TPSA) is 224 Å². The van der Waals surface area contributed by atoms with Crippen LogP contribution in [0.5, 0.6) is 0 Å². The van der Waals surface area contributed by atoms with Crippen LogP contribution in [0.1, 0.15) is 91.0 Å². The van der Waals surface area contributed by atoms with Crippen LogP contribution in [0.4, 0.5) is 0 Å². The van der Waals surface area contributed by atoms with Crippen molar-refractivity contribution in [3.63, 3.8) is 0 Å². The molecule has 3 saturated carbocycles. The van der Waals surface area contributed by atoms with Gasteiger partial charge in [0.2, 0.25) is 0 Å². The van der Waals surface area contributed by atoms with Crippen molar-refractivity contribution in [2.75, 3.05) is 0 Å². The van der Waals surface area contributed by atoms with E-state index in [1.54, 1.807) is 19.5 Å². The van der Waals surface area contributed by atoms with Crippen LogP contribution >= 0.6 is 0 Å². The lowest BCUT2D eigenvalue weighted by Crippen LogP contribution is -2.65. The second-order valence-corrected chi connectivity index (χ2v) is 18.0. The van der Waals surface area contributed by atoms with E-state index in [2.05, 4.69) is 38.0 Å². The van der Waals surface area contributed by atoms with Gasteiger partial charge in [-0.15, -0.1) is 0 Å². The lowest BCUT2D eigenvalue weighted by Gasteiger charge is -2.63. The maximum Gasteiger partial charge on any atom is 0.397 e. The summed E-state index contributed by atoms with van der Waals surface area (Å²) in [6, 6.07) is 1.98. The predicted molar refractivity (Wildman–Crippen MR) is 167 cm³/mol. The van der Waals surface area contributed by atoms with E-state index in [1.165, 1.54) is 0 Å². The van der Waals surface area contributed by atoms with Gasteiger partial charge in [-0.2, -0.15) is 25.3 Å². The predicted octanol–water partition coefficient (Wildman–Crippen LogP) is 4.52. The van der Waals surface area contributed by atoms with Crippen molar-refractivity contribution in [1.29, 1.82) is 0 Å². The van der Waals surface area contributed by atoms with Gasteiger partial charge in [0.25, 0.3) is 0 Å². The van der Waals surface area contributed by atoms with Gasteiger partial charge in [-0.1, -0.05) is 46.3 Å². The van der Waals surface area contributed by atoms with E-state index in [9.17, 15) is 44.0 Å². The minimum Gasteiger partial charge on any atom is -0.472 e. The van der Waals surface area contributed by atoms with Crippen LogP contribution in [0.15, 0.2) is 34.7 Å². The molecule has 0 saturated heterocycles. The lowest BCUT2D eigenvalue weighted by molar-refractivity contribution is -0.179. The Labute approximate surface area is 277 Å². The summed E-state index contributed by atoms with van der Waals surface area (Å²) in [7, 11) is -15.6. The average Bonchev–Trinajstić information content (AvgIpc) is 3.54. The summed E-state index contributed by atoms with van der Waals surface area (Å²) < 4.78 is 120. The summed E-state index contributed by atoms with van der Waals surface area (Å²) in [4.78, 5) is 0. The first-order valence-corrected chi connectivity index (χ1v) is 20.0. The maximum absolute atomic E-state index is 12.2. The largest absolute Gasteiger partial charge is 0.472 e. The molecule has 0 radical (unpaired) electrons. The fourth-order valence-electron chi connectivity index (χ4n) is 10.2. The van der Waals surface area contributed by atoms with Crippen LogP contribution in [0.25, 0.3) is 0 Å². The van der Waals surface area contributed by atoms with Crippen LogP contribution in [0.2, 0.25) is 0 Å². The monoisotopic (exact) mass is 726 g/mol. The molecule has 14 nitrogen and oxygen atoms in total. The summed E-state index contributed by atoms with van der Waals surface area (Å²) in [5.41, 5.74) is 0.0233. The van der Waals surface area contributed by atoms with Gasteiger partial charge >= 0.3 is 31.2 Å². The number of furan rings is 1. The van der Waals surface area contributed by atoms with Gasteiger partial charge in [0.05, 0.1) is 24.7 Å². The quantitative estimate of drug-likeness (QED) is 0.182. The van der Waals surface area contributed by atoms with Gasteiger partial charge in [-0.05, 0) is 96.5 Å². The van der Waals surface area contributed by atoms with E-state index in [4.69, 9.17) is 12.8 Å². The van der Waals surface area contributed by atoms with E-state index in [0.717, 1.165) is 36.8 Å². The number of hydrogen-bond donors (Lipinski definition) is 4. The molecule has 4 aliphatic rings. The molecule has 3 fully saturated rings. The highest BCUT2D eigenvalue weighted by molar-refractivity contribution is 7.81. The molecule has 0 amide bonds. The third-order valence-corrected chi connectivity index (χ3v) is 14.0. The Morgan fingerprint density at radius 3 is 2.11 bits per heavy atom. The zero-order chi connectivity index (χ0) is 35.0. The van der Waals surface area contributed by atoms with Crippen molar-refractivity contribution in [3.8, 4) is 0 Å². The summed E-state index contributed by atoms with van der Waals surface area (Å²) in [5, 5.41) is 11.6. The van der Waals surface area contributed by atoms with Gasteiger partial charge < -0.3 is 9.52 Å². The van der Waals surface area contributed by atoms with Crippen molar-refractivity contribution in [3.05, 3.63) is 35.8 Å². The molecule has 4 N–H and O–H groups in total. The van der Waals surface area contributed by atoms with Gasteiger partial charge in [-0.3, -0.25) is 13.7 Å². The number of allylic oxidation sites excluding steroid dienone is 2. The first-order valence-electron chi connectivity index (χ1n) is 15.9. The smallest absolute Gasteiger partial charge is 0.397 e. The molecule has 47 heavy (non-hydrogen) atoms. The Balaban J connectivity index is 1.53. The van der Waals surface area contributed by atoms with Crippen LogP contribution in [0.3, 0.4) is 0 Å². The molecule has 0 bridgehead atoms. The van der Waals surface area contributed by atoms with Crippen molar-refractivity contribution < 1.29 is 61.0 Å². The highest BCUT2D eigenvalue weighted by Crippen LogP contribution is 2.72. The Kier molecular flexibility index (Phi) is 9.74. The number of aliphatic hydroxyl groups excluding tert-OH is 1.